The van der Waals surface area contributed by atoms with E-state index in [9.17, 15) is 4.79 Å². The molecule has 1 aliphatic rings. The van der Waals surface area contributed by atoms with E-state index in [0.29, 0.717) is 6.42 Å². The molecule has 5 heteroatoms. The zero-order valence-corrected chi connectivity index (χ0v) is 12.6. The van der Waals surface area contributed by atoms with Crippen molar-refractivity contribution in [3.05, 3.63) is 12.2 Å². The molecule has 0 aromatic carbocycles. The molecule has 1 aliphatic heterocycles. The van der Waals surface area contributed by atoms with Gasteiger partial charge in [0.25, 0.3) is 0 Å². The van der Waals surface area contributed by atoms with Crippen molar-refractivity contribution in [1.29, 1.82) is 0 Å². The topological polar surface area (TPSA) is 68.3 Å². The number of carbonyl (C=O) groups is 1. The lowest BCUT2D eigenvalue weighted by Crippen LogP contribution is -2.18. The zero-order chi connectivity index (χ0) is 16.2. The summed E-state index contributed by atoms with van der Waals surface area (Å²) in [6, 6.07) is 0. The highest BCUT2D eigenvalue weighted by Gasteiger charge is 2.43. The molecule has 0 amide bonds. The quantitative estimate of drug-likeness (QED) is 0.330. The number of hydrogen-bond acceptors (Lipinski definition) is 5. The second kappa shape index (κ2) is 10.5. The Hall–Kier alpha value is -2.23. The molecule has 0 aromatic rings. The fraction of sp³-hybridized carbons (Fsp3) is 0.471. The Morgan fingerprint density at radius 2 is 2.09 bits per heavy atom. The van der Waals surface area contributed by atoms with Gasteiger partial charge < -0.3 is 19.3 Å². The molecule has 3 unspecified atom stereocenters. The molecule has 0 bridgehead atoms. The number of ether oxygens (including phenoxy) is 3. The van der Waals surface area contributed by atoms with Crippen LogP contribution < -0.4 is 0 Å². The molecule has 0 saturated carbocycles. The molecule has 1 saturated heterocycles. The molecule has 116 valence electrons. The number of aliphatic hydroxyl groups is 1. The summed E-state index contributed by atoms with van der Waals surface area (Å²) in [5.41, 5.74) is 0. The van der Waals surface area contributed by atoms with Gasteiger partial charge in [-0.3, -0.25) is 4.79 Å². The van der Waals surface area contributed by atoms with Crippen molar-refractivity contribution in [2.24, 2.45) is 0 Å². The lowest BCUT2D eigenvalue weighted by atomic mass is 10.1. The summed E-state index contributed by atoms with van der Waals surface area (Å²) < 4.78 is 15.6. The fourth-order valence-corrected chi connectivity index (χ4v) is 1.60. The molecule has 0 spiro atoms. The van der Waals surface area contributed by atoms with Crippen LogP contribution >= 0.6 is 0 Å². The monoisotopic (exact) mass is 302 g/mol. The molecule has 1 N–H and O–H groups in total. The van der Waals surface area contributed by atoms with Gasteiger partial charge in [-0.2, -0.15) is 0 Å². The molecular formula is C17H18O5. The Kier molecular flexibility index (Phi) is 8.50. The van der Waals surface area contributed by atoms with E-state index in [0.717, 1.165) is 0 Å². The smallest absolute Gasteiger partial charge is 0.302 e. The van der Waals surface area contributed by atoms with Crippen molar-refractivity contribution in [2.45, 2.75) is 31.7 Å². The number of epoxide rings is 1. The summed E-state index contributed by atoms with van der Waals surface area (Å²) in [6.45, 7) is 1.41. The number of rotatable bonds is 6. The SMILES string of the molecule is COC(C/C=C/COC(C)=O)C1OC1C#CC#CC#CCO. The highest BCUT2D eigenvalue weighted by atomic mass is 16.6. The van der Waals surface area contributed by atoms with E-state index in [4.69, 9.17) is 19.3 Å². The maximum Gasteiger partial charge on any atom is 0.302 e. The first kappa shape index (κ1) is 17.8. The van der Waals surface area contributed by atoms with Crippen LogP contribution in [0.1, 0.15) is 13.3 Å². The van der Waals surface area contributed by atoms with E-state index in [1.54, 1.807) is 13.2 Å². The van der Waals surface area contributed by atoms with E-state index in [2.05, 4.69) is 35.5 Å². The van der Waals surface area contributed by atoms with Crippen LogP contribution in [-0.4, -0.2) is 49.7 Å². The minimum atomic E-state index is -0.307. The fourth-order valence-electron chi connectivity index (χ4n) is 1.60. The Bertz CT molecular complexity index is 573. The number of hydrogen-bond donors (Lipinski definition) is 1. The number of carbonyl (C=O) groups excluding carboxylic acids is 1. The highest BCUT2D eigenvalue weighted by Crippen LogP contribution is 2.28. The van der Waals surface area contributed by atoms with Crippen molar-refractivity contribution in [3.8, 4) is 35.5 Å². The van der Waals surface area contributed by atoms with Crippen LogP contribution in [0.25, 0.3) is 0 Å². The summed E-state index contributed by atoms with van der Waals surface area (Å²) in [7, 11) is 1.61. The van der Waals surface area contributed by atoms with E-state index < -0.39 is 0 Å². The Morgan fingerprint density at radius 3 is 2.77 bits per heavy atom. The standard InChI is InChI=1S/C17H18O5/c1-14(19)21-13-9-7-10-15(20-2)17-16(22-17)11-6-4-3-5-8-12-18/h7,9,15-18H,10,12-13H2,1-2H3/b9-7+. The Labute approximate surface area is 130 Å². The maximum atomic E-state index is 10.6. The molecule has 3 atom stereocenters. The van der Waals surface area contributed by atoms with E-state index in [1.807, 2.05) is 6.08 Å². The van der Waals surface area contributed by atoms with E-state index in [1.165, 1.54) is 6.92 Å². The Morgan fingerprint density at radius 1 is 1.32 bits per heavy atom. The van der Waals surface area contributed by atoms with Crippen LogP contribution in [0.3, 0.4) is 0 Å². The minimum Gasteiger partial charge on any atom is -0.462 e. The second-order valence-electron chi connectivity index (χ2n) is 4.28. The van der Waals surface area contributed by atoms with Gasteiger partial charge in [-0.15, -0.1) is 0 Å². The third-order valence-electron chi connectivity index (χ3n) is 2.68. The second-order valence-corrected chi connectivity index (χ2v) is 4.28. The van der Waals surface area contributed by atoms with Gasteiger partial charge >= 0.3 is 5.97 Å². The first-order valence-corrected chi connectivity index (χ1v) is 6.75. The molecule has 1 heterocycles. The largest absolute Gasteiger partial charge is 0.462 e. The third-order valence-corrected chi connectivity index (χ3v) is 2.68. The van der Waals surface area contributed by atoms with Gasteiger partial charge in [0.05, 0.1) is 6.10 Å². The first-order valence-electron chi connectivity index (χ1n) is 6.75. The van der Waals surface area contributed by atoms with Crippen LogP contribution in [0.4, 0.5) is 0 Å². The number of esters is 1. The molecule has 0 radical (unpaired) electrons. The highest BCUT2D eigenvalue weighted by molar-refractivity contribution is 5.65. The van der Waals surface area contributed by atoms with Crippen molar-refractivity contribution in [1.82, 2.24) is 0 Å². The first-order chi connectivity index (χ1) is 10.7. The maximum absolute atomic E-state index is 10.6. The molecule has 1 fully saturated rings. The van der Waals surface area contributed by atoms with Crippen molar-refractivity contribution < 1.29 is 24.1 Å². The van der Waals surface area contributed by atoms with Gasteiger partial charge in [0.15, 0.2) is 0 Å². The lowest BCUT2D eigenvalue weighted by Gasteiger charge is -2.09. The predicted molar refractivity (Wildman–Crippen MR) is 80.3 cm³/mol. The van der Waals surface area contributed by atoms with Crippen LogP contribution in [0.15, 0.2) is 12.2 Å². The van der Waals surface area contributed by atoms with Crippen molar-refractivity contribution >= 4 is 5.97 Å². The number of methoxy groups -OCH3 is 1. The summed E-state index contributed by atoms with van der Waals surface area (Å²) >= 11 is 0. The summed E-state index contributed by atoms with van der Waals surface area (Å²) in [6.07, 6.45) is 3.92. The number of aliphatic hydroxyl groups excluding tert-OH is 1. The molecule has 0 aliphatic carbocycles. The normalized spacial score (nSPS) is 19.8. The molecule has 1 rings (SSSR count). The van der Waals surface area contributed by atoms with Gasteiger partial charge in [0.1, 0.15) is 25.4 Å². The van der Waals surface area contributed by atoms with Crippen LogP contribution in [0.2, 0.25) is 0 Å². The summed E-state index contributed by atoms with van der Waals surface area (Å²) in [5, 5.41) is 8.43. The van der Waals surface area contributed by atoms with Crippen LogP contribution in [-0.2, 0) is 19.0 Å². The zero-order valence-electron chi connectivity index (χ0n) is 12.6. The molecule has 22 heavy (non-hydrogen) atoms. The van der Waals surface area contributed by atoms with Crippen molar-refractivity contribution in [3.63, 3.8) is 0 Å². The van der Waals surface area contributed by atoms with Gasteiger partial charge in [0, 0.05) is 14.0 Å². The van der Waals surface area contributed by atoms with Crippen LogP contribution in [0, 0.1) is 35.5 Å². The molecule has 5 nitrogen and oxygen atoms in total. The molecule has 0 aromatic heterocycles. The van der Waals surface area contributed by atoms with Gasteiger partial charge in [-0.25, -0.2) is 0 Å². The predicted octanol–water partition coefficient (Wildman–Crippen LogP) is 0.281. The van der Waals surface area contributed by atoms with Crippen molar-refractivity contribution in [2.75, 3.05) is 20.3 Å². The lowest BCUT2D eigenvalue weighted by molar-refractivity contribution is -0.139. The Balaban J connectivity index is 2.33. The van der Waals surface area contributed by atoms with Crippen LogP contribution in [0.5, 0.6) is 0 Å². The van der Waals surface area contributed by atoms with Gasteiger partial charge in [-0.1, -0.05) is 24.0 Å². The third kappa shape index (κ3) is 7.53. The van der Waals surface area contributed by atoms with E-state index in [-0.39, 0.29) is 37.5 Å². The average Bonchev–Trinajstić information content (AvgIpc) is 3.25. The van der Waals surface area contributed by atoms with Gasteiger partial charge in [0.2, 0.25) is 0 Å². The molecular weight excluding hydrogens is 284 g/mol. The minimum absolute atomic E-state index is 0.0822. The van der Waals surface area contributed by atoms with Gasteiger partial charge in [-0.05, 0) is 30.1 Å². The summed E-state index contributed by atoms with van der Waals surface area (Å²) in [5.74, 6) is 15.1. The average molecular weight is 302 g/mol. The van der Waals surface area contributed by atoms with E-state index >= 15 is 0 Å². The summed E-state index contributed by atoms with van der Waals surface area (Å²) in [4.78, 5) is 10.6.